The zero-order valence-electron chi connectivity index (χ0n) is 8.12. The molecule has 1 aliphatic rings. The van der Waals surface area contributed by atoms with E-state index >= 15 is 0 Å². The Morgan fingerprint density at radius 2 is 2.36 bits per heavy atom. The highest BCUT2D eigenvalue weighted by Crippen LogP contribution is 2.41. The highest BCUT2D eigenvalue weighted by Gasteiger charge is 2.39. The van der Waals surface area contributed by atoms with Crippen LogP contribution in [-0.4, -0.2) is 26.5 Å². The minimum absolute atomic E-state index is 0.282. The van der Waals surface area contributed by atoms with E-state index in [4.69, 9.17) is 11.6 Å². The van der Waals surface area contributed by atoms with Gasteiger partial charge < -0.3 is 5.32 Å². The molecule has 14 heavy (non-hydrogen) atoms. The maximum atomic E-state index is 5.74. The van der Waals surface area contributed by atoms with Crippen LogP contribution < -0.4 is 5.32 Å². The summed E-state index contributed by atoms with van der Waals surface area (Å²) in [4.78, 5) is 8.12. The minimum atomic E-state index is 0.282. The van der Waals surface area contributed by atoms with Crippen molar-refractivity contribution in [2.45, 2.75) is 24.6 Å². The SMILES string of the molecule is CC1(C)SCC1Nc1cncc(Cl)n1. The second-order valence-electron chi connectivity index (χ2n) is 3.84. The van der Waals surface area contributed by atoms with Crippen LogP contribution in [-0.2, 0) is 0 Å². The lowest BCUT2D eigenvalue weighted by Gasteiger charge is -2.44. The molecule has 76 valence electrons. The van der Waals surface area contributed by atoms with Gasteiger partial charge in [-0.15, -0.1) is 0 Å². The van der Waals surface area contributed by atoms with E-state index in [-0.39, 0.29) is 4.75 Å². The van der Waals surface area contributed by atoms with Gasteiger partial charge in [0, 0.05) is 10.5 Å². The number of hydrogen-bond donors (Lipinski definition) is 1. The van der Waals surface area contributed by atoms with E-state index in [1.807, 2.05) is 11.8 Å². The van der Waals surface area contributed by atoms with Gasteiger partial charge in [-0.3, -0.25) is 4.98 Å². The molecule has 2 heterocycles. The van der Waals surface area contributed by atoms with Gasteiger partial charge in [0.05, 0.1) is 18.4 Å². The van der Waals surface area contributed by atoms with Crippen LogP contribution >= 0.6 is 23.4 Å². The van der Waals surface area contributed by atoms with Crippen molar-refractivity contribution in [1.82, 2.24) is 9.97 Å². The third-order valence-corrected chi connectivity index (χ3v) is 4.10. The zero-order valence-corrected chi connectivity index (χ0v) is 9.69. The summed E-state index contributed by atoms with van der Waals surface area (Å²) < 4.78 is 0.282. The van der Waals surface area contributed by atoms with Gasteiger partial charge in [0.25, 0.3) is 0 Å². The average molecular weight is 230 g/mol. The van der Waals surface area contributed by atoms with E-state index < -0.39 is 0 Å². The molecule has 0 amide bonds. The second-order valence-corrected chi connectivity index (χ2v) is 5.90. The van der Waals surface area contributed by atoms with Gasteiger partial charge in [-0.25, -0.2) is 4.98 Å². The number of nitrogens with one attached hydrogen (secondary N) is 1. The molecule has 0 aliphatic carbocycles. The molecule has 0 spiro atoms. The van der Waals surface area contributed by atoms with Crippen LogP contribution in [0, 0.1) is 0 Å². The number of aromatic nitrogens is 2. The summed E-state index contributed by atoms with van der Waals surface area (Å²) in [6, 6.07) is 0.459. The van der Waals surface area contributed by atoms with Gasteiger partial charge in [-0.2, -0.15) is 11.8 Å². The first-order valence-electron chi connectivity index (χ1n) is 4.46. The average Bonchev–Trinajstić information content (AvgIpc) is 2.13. The van der Waals surface area contributed by atoms with Crippen molar-refractivity contribution in [2.24, 2.45) is 0 Å². The summed E-state index contributed by atoms with van der Waals surface area (Å²) in [7, 11) is 0. The molecule has 0 bridgehead atoms. The first-order valence-corrected chi connectivity index (χ1v) is 5.82. The molecule has 1 aromatic heterocycles. The number of hydrogen-bond acceptors (Lipinski definition) is 4. The maximum absolute atomic E-state index is 5.74. The van der Waals surface area contributed by atoms with E-state index in [2.05, 4.69) is 29.1 Å². The Hall–Kier alpha value is -0.480. The molecule has 1 saturated heterocycles. The zero-order chi connectivity index (χ0) is 10.2. The van der Waals surface area contributed by atoms with E-state index in [9.17, 15) is 0 Å². The molecule has 1 atom stereocenters. The normalized spacial score (nSPS) is 24.1. The fourth-order valence-electron chi connectivity index (χ4n) is 1.31. The smallest absolute Gasteiger partial charge is 0.149 e. The number of anilines is 1. The Morgan fingerprint density at radius 3 is 2.86 bits per heavy atom. The van der Waals surface area contributed by atoms with Gasteiger partial charge in [-0.1, -0.05) is 11.6 Å². The predicted octanol–water partition coefficient (Wildman–Crippen LogP) is 2.44. The minimum Gasteiger partial charge on any atom is -0.364 e. The monoisotopic (exact) mass is 229 g/mol. The Kier molecular flexibility index (Phi) is 2.58. The molecule has 1 aliphatic heterocycles. The predicted molar refractivity (Wildman–Crippen MR) is 61.0 cm³/mol. The first-order chi connectivity index (χ1) is 6.58. The fourth-order valence-corrected chi connectivity index (χ4v) is 2.60. The summed E-state index contributed by atoms with van der Waals surface area (Å²) >= 11 is 7.69. The van der Waals surface area contributed by atoms with Crippen LogP contribution in [0.5, 0.6) is 0 Å². The molecule has 1 unspecified atom stereocenters. The topological polar surface area (TPSA) is 37.8 Å². The molecule has 5 heteroatoms. The molecular weight excluding hydrogens is 218 g/mol. The van der Waals surface area contributed by atoms with Crippen molar-refractivity contribution < 1.29 is 0 Å². The van der Waals surface area contributed by atoms with E-state index in [1.54, 1.807) is 6.20 Å². The molecule has 0 saturated carbocycles. The summed E-state index contributed by atoms with van der Waals surface area (Å²) in [5.74, 6) is 1.87. The third-order valence-electron chi connectivity index (χ3n) is 2.39. The Bertz CT molecular complexity index is 343. The van der Waals surface area contributed by atoms with Crippen molar-refractivity contribution >= 4 is 29.2 Å². The lowest BCUT2D eigenvalue weighted by atomic mass is 10.0. The van der Waals surface area contributed by atoms with Gasteiger partial charge in [-0.05, 0) is 13.8 Å². The molecule has 1 N–H and O–H groups in total. The molecule has 1 aromatic rings. The van der Waals surface area contributed by atoms with Crippen LogP contribution in [0.3, 0.4) is 0 Å². The van der Waals surface area contributed by atoms with Crippen molar-refractivity contribution in [3.05, 3.63) is 17.5 Å². The summed E-state index contributed by atoms with van der Waals surface area (Å²) in [5.41, 5.74) is 0. The second kappa shape index (κ2) is 3.59. The largest absolute Gasteiger partial charge is 0.364 e. The van der Waals surface area contributed by atoms with Crippen LogP contribution in [0.1, 0.15) is 13.8 Å². The standard InChI is InChI=1S/C9H12ClN3S/c1-9(2)6(5-14-9)12-8-4-11-3-7(10)13-8/h3-4,6H,5H2,1-2H3,(H,12,13). The van der Waals surface area contributed by atoms with Gasteiger partial charge in [0.15, 0.2) is 0 Å². The summed E-state index contributed by atoms with van der Waals surface area (Å²) in [6.07, 6.45) is 3.23. The van der Waals surface area contributed by atoms with Crippen LogP contribution in [0.25, 0.3) is 0 Å². The lowest BCUT2D eigenvalue weighted by molar-refractivity contribution is 0.574. The molecule has 3 nitrogen and oxygen atoms in total. The molecule has 2 rings (SSSR count). The molecule has 0 aromatic carbocycles. The van der Waals surface area contributed by atoms with E-state index in [1.165, 1.54) is 6.20 Å². The van der Waals surface area contributed by atoms with Crippen molar-refractivity contribution in [2.75, 3.05) is 11.1 Å². The Labute approximate surface area is 92.7 Å². The van der Waals surface area contributed by atoms with Crippen LogP contribution in [0.2, 0.25) is 5.15 Å². The van der Waals surface area contributed by atoms with Crippen LogP contribution in [0.15, 0.2) is 12.4 Å². The van der Waals surface area contributed by atoms with Crippen molar-refractivity contribution in [1.29, 1.82) is 0 Å². The number of halogens is 1. The highest BCUT2D eigenvalue weighted by atomic mass is 35.5. The first kappa shape index (κ1) is 10.1. The van der Waals surface area contributed by atoms with Gasteiger partial charge in [0.1, 0.15) is 11.0 Å². The number of thioether (sulfide) groups is 1. The quantitative estimate of drug-likeness (QED) is 0.846. The van der Waals surface area contributed by atoms with E-state index in [0.29, 0.717) is 11.2 Å². The van der Waals surface area contributed by atoms with E-state index in [0.717, 1.165) is 11.6 Å². The van der Waals surface area contributed by atoms with Crippen LogP contribution in [0.4, 0.5) is 5.82 Å². The fraction of sp³-hybridized carbons (Fsp3) is 0.556. The van der Waals surface area contributed by atoms with Crippen molar-refractivity contribution in [3.8, 4) is 0 Å². The summed E-state index contributed by atoms with van der Waals surface area (Å²) in [5, 5.41) is 3.76. The van der Waals surface area contributed by atoms with Crippen molar-refractivity contribution in [3.63, 3.8) is 0 Å². The number of rotatable bonds is 2. The Morgan fingerprint density at radius 1 is 1.57 bits per heavy atom. The molecule has 1 fully saturated rings. The molecule has 0 radical (unpaired) electrons. The summed E-state index contributed by atoms with van der Waals surface area (Å²) in [6.45, 7) is 4.44. The lowest BCUT2D eigenvalue weighted by Crippen LogP contribution is -2.50. The number of nitrogens with zero attached hydrogens (tertiary/aromatic N) is 2. The van der Waals surface area contributed by atoms with Gasteiger partial charge in [0.2, 0.25) is 0 Å². The third kappa shape index (κ3) is 1.96. The highest BCUT2D eigenvalue weighted by molar-refractivity contribution is 8.02. The maximum Gasteiger partial charge on any atom is 0.149 e. The van der Waals surface area contributed by atoms with Gasteiger partial charge >= 0.3 is 0 Å². The Balaban J connectivity index is 2.05. The molecular formula is C9H12ClN3S.